The normalized spacial score (nSPS) is 9.00. The van der Waals surface area contributed by atoms with Gasteiger partial charge >= 0.3 is 0 Å². The van der Waals surface area contributed by atoms with Crippen LogP contribution in [-0.2, 0) is 6.42 Å². The molecule has 3 heteroatoms. The molecule has 0 fully saturated rings. The molecule has 0 aromatic heterocycles. The molecule has 1 aromatic rings. The fourth-order valence-electron chi connectivity index (χ4n) is 0.889. The molecule has 0 radical (unpaired) electrons. The Bertz CT molecular complexity index is 272. The van der Waals surface area contributed by atoms with Gasteiger partial charge in [0.2, 0.25) is 0 Å². The van der Waals surface area contributed by atoms with Gasteiger partial charge in [-0.2, -0.15) is 0 Å². The number of phenols is 1. The average molecular weight is 221 g/mol. The Kier molecular flexibility index (Phi) is 5.93. The van der Waals surface area contributed by atoms with E-state index in [9.17, 15) is 5.11 Å². The van der Waals surface area contributed by atoms with Crippen molar-refractivity contribution in [1.82, 2.24) is 0 Å². The van der Waals surface area contributed by atoms with E-state index < -0.39 is 0 Å². The fraction of sp³-hybridized carbons (Fsp3) is 0.400. The molecule has 13 heavy (non-hydrogen) atoms. The molecule has 0 aliphatic heterocycles. The van der Waals surface area contributed by atoms with Crippen molar-refractivity contribution in [1.29, 1.82) is 0 Å². The molecule has 1 N–H and O–H groups in total. The summed E-state index contributed by atoms with van der Waals surface area (Å²) < 4.78 is 0. The van der Waals surface area contributed by atoms with Crippen molar-refractivity contribution in [2.45, 2.75) is 27.2 Å². The van der Waals surface area contributed by atoms with Gasteiger partial charge in [-0.1, -0.05) is 44.0 Å². The van der Waals surface area contributed by atoms with Crippen molar-refractivity contribution in [2.24, 2.45) is 0 Å². The predicted octanol–water partition coefficient (Wildman–Crippen LogP) is 4.29. The third-order valence-electron chi connectivity index (χ3n) is 1.49. The molecule has 1 rings (SSSR count). The number of hydrogen-bond donors (Lipinski definition) is 1. The van der Waals surface area contributed by atoms with E-state index in [4.69, 9.17) is 23.2 Å². The maximum absolute atomic E-state index is 9.33. The van der Waals surface area contributed by atoms with Crippen LogP contribution in [0.4, 0.5) is 0 Å². The van der Waals surface area contributed by atoms with Crippen LogP contribution in [0.25, 0.3) is 0 Å². The van der Waals surface area contributed by atoms with E-state index >= 15 is 0 Å². The highest BCUT2D eigenvalue weighted by Crippen LogP contribution is 2.31. The van der Waals surface area contributed by atoms with Gasteiger partial charge in [0, 0.05) is 5.02 Å². The lowest BCUT2D eigenvalue weighted by Crippen LogP contribution is -1.82. The average Bonchev–Trinajstić information content (AvgIpc) is 2.14. The third kappa shape index (κ3) is 3.45. The zero-order valence-electron chi connectivity index (χ0n) is 8.06. The van der Waals surface area contributed by atoms with Crippen molar-refractivity contribution in [2.75, 3.05) is 0 Å². The molecule has 0 atom stereocenters. The molecule has 1 nitrogen and oxygen atoms in total. The van der Waals surface area contributed by atoms with Crippen molar-refractivity contribution in [3.8, 4) is 5.75 Å². The second kappa shape index (κ2) is 6.11. The van der Waals surface area contributed by atoms with Crippen LogP contribution in [0.5, 0.6) is 5.75 Å². The van der Waals surface area contributed by atoms with E-state index in [2.05, 4.69) is 0 Å². The number of rotatable bonds is 1. The lowest BCUT2D eigenvalue weighted by molar-refractivity contribution is 0.469. The van der Waals surface area contributed by atoms with Gasteiger partial charge in [-0.15, -0.1) is 0 Å². The van der Waals surface area contributed by atoms with E-state index in [0.717, 1.165) is 12.0 Å². The molecule has 0 unspecified atom stereocenters. The van der Waals surface area contributed by atoms with Crippen molar-refractivity contribution >= 4 is 23.2 Å². The van der Waals surface area contributed by atoms with Crippen LogP contribution in [-0.4, -0.2) is 5.11 Å². The summed E-state index contributed by atoms with van der Waals surface area (Å²) in [5.74, 6) is 0.138. The van der Waals surface area contributed by atoms with E-state index in [1.807, 2.05) is 20.8 Å². The summed E-state index contributed by atoms with van der Waals surface area (Å²) in [4.78, 5) is 0. The van der Waals surface area contributed by atoms with Crippen LogP contribution in [0.2, 0.25) is 10.0 Å². The zero-order valence-corrected chi connectivity index (χ0v) is 9.58. The van der Waals surface area contributed by atoms with Crippen LogP contribution in [0.3, 0.4) is 0 Å². The molecule has 0 spiro atoms. The summed E-state index contributed by atoms with van der Waals surface area (Å²) in [6.07, 6.45) is 0.728. The first-order valence-corrected chi connectivity index (χ1v) is 5.07. The topological polar surface area (TPSA) is 20.2 Å². The van der Waals surface area contributed by atoms with Gasteiger partial charge in [0.05, 0.1) is 5.02 Å². The number of aromatic hydroxyl groups is 1. The number of benzene rings is 1. The lowest BCUT2D eigenvalue weighted by atomic mass is 10.1. The summed E-state index contributed by atoms with van der Waals surface area (Å²) in [6, 6.07) is 3.24. The Balaban J connectivity index is 0.000000671. The van der Waals surface area contributed by atoms with Crippen LogP contribution >= 0.6 is 23.2 Å². The fourth-order valence-corrected chi connectivity index (χ4v) is 1.42. The van der Waals surface area contributed by atoms with Crippen LogP contribution in [0, 0.1) is 0 Å². The molecule has 0 amide bonds. The molecule has 0 aliphatic rings. The van der Waals surface area contributed by atoms with Gasteiger partial charge in [-0.3, -0.25) is 0 Å². The Hall–Kier alpha value is -0.400. The summed E-state index contributed by atoms with van der Waals surface area (Å²) in [6.45, 7) is 5.93. The van der Waals surface area contributed by atoms with Gasteiger partial charge in [0.25, 0.3) is 0 Å². The second-order valence-corrected chi connectivity index (χ2v) is 3.09. The predicted molar refractivity (Wildman–Crippen MR) is 58.9 cm³/mol. The maximum Gasteiger partial charge on any atom is 0.137 e. The molecular weight excluding hydrogens is 207 g/mol. The number of halogens is 2. The minimum Gasteiger partial charge on any atom is -0.506 e. The molecular formula is C10H14Cl2O. The molecule has 74 valence electrons. The molecule has 0 saturated carbocycles. The highest BCUT2D eigenvalue weighted by Gasteiger charge is 2.04. The van der Waals surface area contributed by atoms with Crippen LogP contribution in [0.15, 0.2) is 12.1 Å². The molecule has 1 aromatic carbocycles. The monoisotopic (exact) mass is 220 g/mol. The smallest absolute Gasteiger partial charge is 0.137 e. The first-order valence-electron chi connectivity index (χ1n) is 4.32. The minimum absolute atomic E-state index is 0.138. The Labute approximate surface area is 89.3 Å². The quantitative estimate of drug-likeness (QED) is 0.749. The van der Waals surface area contributed by atoms with Gasteiger partial charge in [-0.05, 0) is 24.1 Å². The number of hydrogen-bond acceptors (Lipinski definition) is 1. The molecule has 0 bridgehead atoms. The lowest BCUT2D eigenvalue weighted by Gasteiger charge is -2.03. The molecule has 0 saturated heterocycles. The van der Waals surface area contributed by atoms with Crippen molar-refractivity contribution in [3.63, 3.8) is 0 Å². The van der Waals surface area contributed by atoms with Gasteiger partial charge in [0.15, 0.2) is 0 Å². The number of aryl methyl sites for hydroxylation is 1. The first-order chi connectivity index (χ1) is 6.15. The van der Waals surface area contributed by atoms with Gasteiger partial charge < -0.3 is 5.11 Å². The largest absolute Gasteiger partial charge is 0.506 e. The zero-order chi connectivity index (χ0) is 10.4. The maximum atomic E-state index is 9.33. The van der Waals surface area contributed by atoms with Crippen LogP contribution in [0.1, 0.15) is 26.3 Å². The third-order valence-corrected chi connectivity index (χ3v) is 1.99. The van der Waals surface area contributed by atoms with E-state index in [1.54, 1.807) is 6.07 Å². The summed E-state index contributed by atoms with van der Waals surface area (Å²) >= 11 is 11.4. The number of phenolic OH excluding ortho intramolecular Hbond substituents is 1. The summed E-state index contributed by atoms with van der Waals surface area (Å²) in [5, 5.41) is 10.2. The summed E-state index contributed by atoms with van der Waals surface area (Å²) in [5.41, 5.74) is 0.780. The SMILES string of the molecule is CC.CCc1cc(Cl)cc(Cl)c1O. The molecule has 0 heterocycles. The Morgan fingerprint density at radius 2 is 1.77 bits per heavy atom. The van der Waals surface area contributed by atoms with Crippen molar-refractivity contribution in [3.05, 3.63) is 27.7 Å². The summed E-state index contributed by atoms with van der Waals surface area (Å²) in [7, 11) is 0. The van der Waals surface area contributed by atoms with Crippen LogP contribution < -0.4 is 0 Å². The molecule has 0 aliphatic carbocycles. The second-order valence-electron chi connectivity index (χ2n) is 2.25. The highest BCUT2D eigenvalue weighted by atomic mass is 35.5. The highest BCUT2D eigenvalue weighted by molar-refractivity contribution is 6.35. The van der Waals surface area contributed by atoms with Gasteiger partial charge in [-0.25, -0.2) is 0 Å². The minimum atomic E-state index is 0.138. The Morgan fingerprint density at radius 1 is 1.23 bits per heavy atom. The van der Waals surface area contributed by atoms with E-state index in [-0.39, 0.29) is 5.75 Å². The van der Waals surface area contributed by atoms with Gasteiger partial charge in [0.1, 0.15) is 5.75 Å². The Morgan fingerprint density at radius 3 is 2.23 bits per heavy atom. The van der Waals surface area contributed by atoms with Crippen molar-refractivity contribution < 1.29 is 5.11 Å². The van der Waals surface area contributed by atoms with E-state index in [1.165, 1.54) is 6.07 Å². The van der Waals surface area contributed by atoms with E-state index in [0.29, 0.717) is 10.0 Å². The standard InChI is InChI=1S/C8H8Cl2O.C2H6/c1-2-5-3-6(9)4-7(10)8(5)11;1-2/h3-4,11H,2H2,1H3;1-2H3. The first kappa shape index (κ1) is 12.6.